The Morgan fingerprint density at radius 1 is 1.03 bits per heavy atom. The van der Waals surface area contributed by atoms with Gasteiger partial charge in [0.05, 0.1) is 23.7 Å². The summed E-state index contributed by atoms with van der Waals surface area (Å²) >= 11 is 0. The largest absolute Gasteiger partial charge is 0.467 e. The quantitative estimate of drug-likeness (QED) is 0.431. The van der Waals surface area contributed by atoms with Crippen molar-refractivity contribution >= 4 is 22.7 Å². The topological polar surface area (TPSA) is 115 Å². The van der Waals surface area contributed by atoms with Crippen LogP contribution in [0.1, 0.15) is 45.3 Å². The second-order valence-electron chi connectivity index (χ2n) is 8.03. The number of carbonyl (C=O) groups excluding carboxylic acids is 2. The molecule has 2 amide bonds. The molecule has 0 saturated heterocycles. The molecular formula is C24H30N4O5. The first-order valence-corrected chi connectivity index (χ1v) is 11.2. The maximum atomic E-state index is 13.1. The van der Waals surface area contributed by atoms with Gasteiger partial charge in [0, 0.05) is 19.0 Å². The van der Waals surface area contributed by atoms with Crippen LogP contribution in [0.2, 0.25) is 0 Å². The first-order valence-electron chi connectivity index (χ1n) is 11.2. The van der Waals surface area contributed by atoms with Gasteiger partial charge in [0.2, 0.25) is 11.8 Å². The summed E-state index contributed by atoms with van der Waals surface area (Å²) in [5, 5.41) is 6.00. The van der Waals surface area contributed by atoms with Crippen molar-refractivity contribution in [1.82, 2.24) is 19.8 Å². The first kappa shape index (κ1) is 24.0. The highest BCUT2D eigenvalue weighted by atomic mass is 16.3. The lowest BCUT2D eigenvalue weighted by Crippen LogP contribution is -2.43. The lowest BCUT2D eigenvalue weighted by Gasteiger charge is -2.16. The number of benzene rings is 1. The molecule has 33 heavy (non-hydrogen) atoms. The van der Waals surface area contributed by atoms with Crippen LogP contribution in [0.25, 0.3) is 10.9 Å². The van der Waals surface area contributed by atoms with E-state index in [0.717, 1.165) is 11.0 Å². The van der Waals surface area contributed by atoms with Crippen LogP contribution in [0.5, 0.6) is 0 Å². The van der Waals surface area contributed by atoms with Crippen LogP contribution in [0.3, 0.4) is 0 Å². The van der Waals surface area contributed by atoms with Gasteiger partial charge in [0.25, 0.3) is 5.56 Å². The fourth-order valence-corrected chi connectivity index (χ4v) is 3.53. The number of nitrogens with one attached hydrogen (secondary N) is 2. The predicted molar refractivity (Wildman–Crippen MR) is 125 cm³/mol. The zero-order chi connectivity index (χ0) is 23.8. The van der Waals surface area contributed by atoms with E-state index in [-0.39, 0.29) is 37.4 Å². The van der Waals surface area contributed by atoms with Crippen molar-refractivity contribution in [2.45, 2.75) is 65.2 Å². The smallest absolute Gasteiger partial charge is 0.331 e. The number of aromatic nitrogens is 2. The average molecular weight is 455 g/mol. The molecule has 2 N–H and O–H groups in total. The van der Waals surface area contributed by atoms with E-state index >= 15 is 0 Å². The normalized spacial score (nSPS) is 11.9. The number of unbranched alkanes of at least 4 members (excludes halogenated alkanes) is 1. The van der Waals surface area contributed by atoms with E-state index in [1.54, 1.807) is 42.7 Å². The van der Waals surface area contributed by atoms with Gasteiger partial charge in [-0.15, -0.1) is 0 Å². The van der Waals surface area contributed by atoms with Crippen molar-refractivity contribution in [2.24, 2.45) is 0 Å². The Hall–Kier alpha value is -3.62. The number of para-hydroxylation sites is 1. The molecule has 2 heterocycles. The zero-order valence-corrected chi connectivity index (χ0v) is 19.0. The molecule has 9 nitrogen and oxygen atoms in total. The van der Waals surface area contributed by atoms with Crippen LogP contribution in [0.15, 0.2) is 56.7 Å². The highest BCUT2D eigenvalue weighted by molar-refractivity contribution is 5.81. The fraction of sp³-hybridized carbons (Fsp3) is 0.417. The van der Waals surface area contributed by atoms with Crippen molar-refractivity contribution in [1.29, 1.82) is 0 Å². The van der Waals surface area contributed by atoms with Crippen molar-refractivity contribution in [2.75, 3.05) is 0 Å². The monoisotopic (exact) mass is 454 g/mol. The summed E-state index contributed by atoms with van der Waals surface area (Å²) in [5.41, 5.74) is -0.489. The molecule has 3 rings (SSSR count). The summed E-state index contributed by atoms with van der Waals surface area (Å²) in [4.78, 5) is 50.5. The minimum absolute atomic E-state index is 0.00990. The summed E-state index contributed by atoms with van der Waals surface area (Å²) in [7, 11) is 0. The Morgan fingerprint density at radius 2 is 1.82 bits per heavy atom. The molecule has 0 spiro atoms. The fourth-order valence-electron chi connectivity index (χ4n) is 3.53. The maximum absolute atomic E-state index is 13.1. The highest BCUT2D eigenvalue weighted by Crippen LogP contribution is 2.08. The van der Waals surface area contributed by atoms with Crippen LogP contribution in [-0.4, -0.2) is 27.0 Å². The molecule has 0 bridgehead atoms. The molecule has 1 atom stereocenters. The lowest BCUT2D eigenvalue weighted by atomic mass is 10.2. The van der Waals surface area contributed by atoms with Gasteiger partial charge < -0.3 is 15.1 Å². The van der Waals surface area contributed by atoms with E-state index in [9.17, 15) is 19.2 Å². The molecule has 2 aromatic heterocycles. The number of rotatable bonds is 11. The summed E-state index contributed by atoms with van der Waals surface area (Å²) in [6.07, 6.45) is 3.58. The van der Waals surface area contributed by atoms with Crippen LogP contribution >= 0.6 is 0 Å². The SMILES string of the molecule is CC[C@H](C)NC(=O)Cn1c(=O)n(CCCCC(=O)NCc2ccco2)c(=O)c2ccccc21. The highest BCUT2D eigenvalue weighted by Gasteiger charge is 2.16. The number of amides is 2. The van der Waals surface area contributed by atoms with Crippen molar-refractivity contribution in [3.8, 4) is 0 Å². The second kappa shape index (κ2) is 11.3. The van der Waals surface area contributed by atoms with Crippen molar-refractivity contribution in [3.05, 3.63) is 69.3 Å². The molecular weight excluding hydrogens is 424 g/mol. The van der Waals surface area contributed by atoms with Crippen molar-refractivity contribution in [3.63, 3.8) is 0 Å². The van der Waals surface area contributed by atoms with E-state index < -0.39 is 11.2 Å². The zero-order valence-electron chi connectivity index (χ0n) is 19.0. The maximum Gasteiger partial charge on any atom is 0.331 e. The van der Waals surface area contributed by atoms with E-state index in [4.69, 9.17) is 4.42 Å². The number of carbonyl (C=O) groups is 2. The molecule has 0 aliphatic carbocycles. The third kappa shape index (κ3) is 6.21. The molecule has 0 aliphatic rings. The third-order valence-corrected chi connectivity index (χ3v) is 5.53. The summed E-state index contributed by atoms with van der Waals surface area (Å²) < 4.78 is 7.67. The minimum Gasteiger partial charge on any atom is -0.467 e. The molecule has 0 fully saturated rings. The lowest BCUT2D eigenvalue weighted by molar-refractivity contribution is -0.122. The Bertz CT molecular complexity index is 1210. The minimum atomic E-state index is -0.528. The Labute approximate surface area is 191 Å². The summed E-state index contributed by atoms with van der Waals surface area (Å²) in [6.45, 7) is 4.17. The van der Waals surface area contributed by atoms with E-state index in [2.05, 4.69) is 10.6 Å². The Balaban J connectivity index is 1.69. The summed E-state index contributed by atoms with van der Waals surface area (Å²) in [5.74, 6) is 0.260. The number of hydrogen-bond donors (Lipinski definition) is 2. The number of furan rings is 1. The Morgan fingerprint density at radius 3 is 2.55 bits per heavy atom. The van der Waals surface area contributed by atoms with E-state index in [0.29, 0.717) is 36.0 Å². The van der Waals surface area contributed by atoms with Crippen molar-refractivity contribution < 1.29 is 14.0 Å². The van der Waals surface area contributed by atoms with Gasteiger partial charge in [-0.25, -0.2) is 4.79 Å². The molecule has 0 saturated carbocycles. The molecule has 176 valence electrons. The van der Waals surface area contributed by atoms with Gasteiger partial charge in [-0.1, -0.05) is 19.1 Å². The average Bonchev–Trinajstić information content (AvgIpc) is 3.33. The van der Waals surface area contributed by atoms with Gasteiger partial charge in [-0.3, -0.25) is 23.5 Å². The van der Waals surface area contributed by atoms with Gasteiger partial charge in [0.1, 0.15) is 12.3 Å². The molecule has 9 heteroatoms. The molecule has 0 aliphatic heterocycles. The van der Waals surface area contributed by atoms with E-state index in [1.165, 1.54) is 4.57 Å². The first-order chi connectivity index (χ1) is 15.9. The third-order valence-electron chi connectivity index (χ3n) is 5.53. The number of hydrogen-bond acceptors (Lipinski definition) is 5. The summed E-state index contributed by atoms with van der Waals surface area (Å²) in [6, 6.07) is 10.3. The van der Waals surface area contributed by atoms with E-state index in [1.807, 2.05) is 13.8 Å². The molecule has 3 aromatic rings. The van der Waals surface area contributed by atoms with Crippen LogP contribution in [0.4, 0.5) is 0 Å². The van der Waals surface area contributed by atoms with Gasteiger partial charge in [0.15, 0.2) is 0 Å². The van der Waals surface area contributed by atoms with Crippen LogP contribution < -0.4 is 21.9 Å². The number of nitrogens with zero attached hydrogens (tertiary/aromatic N) is 2. The predicted octanol–water partition coefficient (Wildman–Crippen LogP) is 2.16. The van der Waals surface area contributed by atoms with Gasteiger partial charge in [-0.2, -0.15) is 0 Å². The van der Waals surface area contributed by atoms with Gasteiger partial charge in [-0.05, 0) is 50.5 Å². The Kier molecular flexibility index (Phi) is 8.23. The molecule has 0 radical (unpaired) electrons. The standard InChI is InChI=1S/C24H30N4O5/c1-3-17(2)26-22(30)16-28-20-11-5-4-10-19(20)23(31)27(24(28)32)13-7-6-12-21(29)25-15-18-9-8-14-33-18/h4-5,8-11,14,17H,3,6-7,12-13,15-16H2,1-2H3,(H,25,29)(H,26,30)/t17-/m0/s1. The molecule has 0 unspecified atom stereocenters. The van der Waals surface area contributed by atoms with Gasteiger partial charge >= 0.3 is 5.69 Å². The molecule has 1 aromatic carbocycles. The van der Waals surface area contributed by atoms with Crippen LogP contribution in [0, 0.1) is 0 Å². The number of fused-ring (bicyclic) bond motifs is 1. The second-order valence-corrected chi connectivity index (χ2v) is 8.03. The van der Waals surface area contributed by atoms with Crippen LogP contribution in [-0.2, 0) is 29.2 Å².